The lowest BCUT2D eigenvalue weighted by Gasteiger charge is -2.10. The predicted octanol–water partition coefficient (Wildman–Crippen LogP) is 3.30. The van der Waals surface area contributed by atoms with E-state index in [9.17, 15) is 4.79 Å². The molecule has 0 aliphatic carbocycles. The molecule has 0 bridgehead atoms. The predicted molar refractivity (Wildman–Crippen MR) is 77.7 cm³/mol. The Labute approximate surface area is 117 Å². The molecule has 0 unspecified atom stereocenters. The Bertz CT molecular complexity index is 748. The second kappa shape index (κ2) is 4.04. The average Bonchev–Trinajstić information content (AvgIpc) is 3.00. The summed E-state index contributed by atoms with van der Waals surface area (Å²) in [5.74, 6) is 0.0215. The van der Waals surface area contributed by atoms with Gasteiger partial charge in [-0.3, -0.25) is 4.79 Å². The molecule has 20 heavy (non-hydrogen) atoms. The number of hydrogen-bond acceptors (Lipinski definition) is 2. The van der Waals surface area contributed by atoms with E-state index in [4.69, 9.17) is 0 Å². The molecule has 0 aromatic heterocycles. The number of amides is 1. The quantitative estimate of drug-likeness (QED) is 0.776. The molecule has 1 atom stereocenters. The fourth-order valence-electron chi connectivity index (χ4n) is 3.04. The third-order valence-corrected chi connectivity index (χ3v) is 4.02. The number of fused-ring (bicyclic) bond motifs is 3. The molecule has 0 spiro atoms. The third-order valence-electron chi connectivity index (χ3n) is 4.02. The number of hydrazone groups is 1. The highest BCUT2D eigenvalue weighted by Crippen LogP contribution is 2.40. The van der Waals surface area contributed by atoms with Crippen molar-refractivity contribution in [3.8, 4) is 0 Å². The Hall–Kier alpha value is -2.42. The summed E-state index contributed by atoms with van der Waals surface area (Å²) in [6.45, 7) is 2.07. The Morgan fingerprint density at radius 1 is 1.15 bits per heavy atom. The number of carbonyl (C=O) groups excluding carboxylic acids is 1. The summed E-state index contributed by atoms with van der Waals surface area (Å²) in [7, 11) is 0. The summed E-state index contributed by atoms with van der Waals surface area (Å²) in [4.78, 5) is 12.3. The summed E-state index contributed by atoms with van der Waals surface area (Å²) < 4.78 is 0. The van der Waals surface area contributed by atoms with E-state index in [0.717, 1.165) is 28.8 Å². The zero-order valence-electron chi connectivity index (χ0n) is 11.2. The van der Waals surface area contributed by atoms with Crippen LogP contribution in [0.25, 0.3) is 0 Å². The van der Waals surface area contributed by atoms with E-state index in [1.54, 1.807) is 5.01 Å². The molecule has 0 N–H and O–H groups in total. The van der Waals surface area contributed by atoms with Gasteiger partial charge in [-0.1, -0.05) is 48.0 Å². The molecular weight excluding hydrogens is 248 g/mol. The van der Waals surface area contributed by atoms with Gasteiger partial charge in [-0.25, -0.2) is 5.01 Å². The van der Waals surface area contributed by atoms with Gasteiger partial charge in [0.05, 0.1) is 11.8 Å². The van der Waals surface area contributed by atoms with Crippen molar-refractivity contribution in [1.29, 1.82) is 0 Å². The van der Waals surface area contributed by atoms with E-state index in [1.807, 2.05) is 30.3 Å². The van der Waals surface area contributed by atoms with Gasteiger partial charge in [-0.2, -0.15) is 5.10 Å². The summed E-state index contributed by atoms with van der Waals surface area (Å²) in [5.41, 5.74) is 5.23. The number of hydrogen-bond donors (Lipinski definition) is 0. The normalized spacial score (nSPS) is 19.9. The second-order valence-corrected chi connectivity index (χ2v) is 5.37. The molecule has 4 rings (SSSR count). The minimum atomic E-state index is 0.0215. The smallest absolute Gasteiger partial charge is 0.267 e. The maximum Gasteiger partial charge on any atom is 0.274 e. The molecule has 0 saturated heterocycles. The molecule has 3 heteroatoms. The Balaban J connectivity index is 1.74. The van der Waals surface area contributed by atoms with Crippen LogP contribution in [0.4, 0.5) is 0 Å². The van der Waals surface area contributed by atoms with Crippen LogP contribution in [0.15, 0.2) is 53.6 Å². The average molecular weight is 262 g/mol. The molecule has 3 nitrogen and oxygen atoms in total. The number of nitrogens with zero attached hydrogens (tertiary/aromatic N) is 2. The first-order chi connectivity index (χ1) is 9.74. The van der Waals surface area contributed by atoms with Crippen LogP contribution in [0.2, 0.25) is 0 Å². The van der Waals surface area contributed by atoms with Crippen molar-refractivity contribution in [1.82, 2.24) is 5.01 Å². The highest BCUT2D eigenvalue weighted by atomic mass is 16.2. The molecule has 1 amide bonds. The molecule has 2 aliphatic heterocycles. The molecule has 2 aliphatic rings. The summed E-state index contributed by atoms with van der Waals surface area (Å²) in [6.07, 6.45) is 0.798. The maximum atomic E-state index is 12.3. The van der Waals surface area contributed by atoms with Crippen molar-refractivity contribution in [3.05, 3.63) is 70.8 Å². The van der Waals surface area contributed by atoms with Gasteiger partial charge in [0, 0.05) is 12.0 Å². The van der Waals surface area contributed by atoms with Gasteiger partial charge < -0.3 is 0 Å². The summed E-state index contributed by atoms with van der Waals surface area (Å²) in [6, 6.07) is 16.2. The lowest BCUT2D eigenvalue weighted by atomic mass is 9.97. The van der Waals surface area contributed by atoms with Crippen LogP contribution in [0.1, 0.15) is 39.5 Å². The van der Waals surface area contributed by atoms with Crippen LogP contribution >= 0.6 is 0 Å². The molecular formula is C17H14N2O. The van der Waals surface area contributed by atoms with E-state index in [2.05, 4.69) is 30.2 Å². The van der Waals surface area contributed by atoms with Crippen molar-refractivity contribution in [2.24, 2.45) is 5.10 Å². The first-order valence-corrected chi connectivity index (χ1v) is 6.81. The van der Waals surface area contributed by atoms with Gasteiger partial charge in [0.15, 0.2) is 0 Å². The number of carbonyl (C=O) groups is 1. The van der Waals surface area contributed by atoms with Crippen molar-refractivity contribution in [2.75, 3.05) is 0 Å². The lowest BCUT2D eigenvalue weighted by Crippen LogP contribution is -2.17. The van der Waals surface area contributed by atoms with E-state index < -0.39 is 0 Å². The van der Waals surface area contributed by atoms with Gasteiger partial charge in [-0.15, -0.1) is 0 Å². The molecule has 0 fully saturated rings. The summed E-state index contributed by atoms with van der Waals surface area (Å²) >= 11 is 0. The monoisotopic (exact) mass is 262 g/mol. The van der Waals surface area contributed by atoms with Crippen LogP contribution in [0, 0.1) is 6.92 Å². The minimum absolute atomic E-state index is 0.0215. The van der Waals surface area contributed by atoms with E-state index in [0.29, 0.717) is 0 Å². The Morgan fingerprint density at radius 3 is 2.85 bits per heavy atom. The van der Waals surface area contributed by atoms with Crippen LogP contribution in [-0.4, -0.2) is 16.6 Å². The minimum Gasteiger partial charge on any atom is -0.267 e. The van der Waals surface area contributed by atoms with Crippen molar-refractivity contribution in [2.45, 2.75) is 19.4 Å². The highest BCUT2D eigenvalue weighted by molar-refractivity contribution is 6.07. The summed E-state index contributed by atoms with van der Waals surface area (Å²) in [5, 5.41) is 6.20. The van der Waals surface area contributed by atoms with E-state index >= 15 is 0 Å². The number of benzene rings is 2. The zero-order chi connectivity index (χ0) is 13.7. The largest absolute Gasteiger partial charge is 0.274 e. The Morgan fingerprint density at radius 2 is 2.00 bits per heavy atom. The third kappa shape index (κ3) is 1.53. The molecule has 0 radical (unpaired) electrons. The highest BCUT2D eigenvalue weighted by Gasteiger charge is 2.41. The second-order valence-electron chi connectivity index (χ2n) is 5.37. The van der Waals surface area contributed by atoms with E-state index in [-0.39, 0.29) is 11.9 Å². The van der Waals surface area contributed by atoms with Crippen LogP contribution in [-0.2, 0) is 0 Å². The first-order valence-electron chi connectivity index (χ1n) is 6.81. The maximum absolute atomic E-state index is 12.3. The fraction of sp³-hybridized carbons (Fsp3) is 0.176. The van der Waals surface area contributed by atoms with Gasteiger partial charge in [-0.05, 0) is 24.1 Å². The van der Waals surface area contributed by atoms with Crippen LogP contribution in [0.3, 0.4) is 0 Å². The van der Waals surface area contributed by atoms with Crippen molar-refractivity contribution in [3.63, 3.8) is 0 Å². The molecule has 0 saturated carbocycles. The molecule has 2 aromatic rings. The Kier molecular flexibility index (Phi) is 2.30. The van der Waals surface area contributed by atoms with Crippen molar-refractivity contribution >= 4 is 11.6 Å². The standard InChI is InChI=1S/C17H14N2O/c1-11-5-4-6-12(9-11)15-10-16-13-7-2-3-8-14(13)17(20)19(16)18-15/h2-9,16H,10H2,1H3/t16-/m0/s1. The van der Waals surface area contributed by atoms with Crippen LogP contribution < -0.4 is 0 Å². The van der Waals surface area contributed by atoms with Gasteiger partial charge >= 0.3 is 0 Å². The molecule has 98 valence electrons. The SMILES string of the molecule is Cc1cccc(C2=NN3C(=O)c4ccccc4[C@@H]3C2)c1. The van der Waals surface area contributed by atoms with Gasteiger partial charge in [0.2, 0.25) is 0 Å². The lowest BCUT2D eigenvalue weighted by molar-refractivity contribution is 0.0756. The van der Waals surface area contributed by atoms with E-state index in [1.165, 1.54) is 5.56 Å². The zero-order valence-corrected chi connectivity index (χ0v) is 11.2. The first kappa shape index (κ1) is 11.4. The molecule has 2 aromatic carbocycles. The molecule has 2 heterocycles. The van der Waals surface area contributed by atoms with Gasteiger partial charge in [0.1, 0.15) is 0 Å². The van der Waals surface area contributed by atoms with Crippen LogP contribution in [0.5, 0.6) is 0 Å². The number of rotatable bonds is 1. The topological polar surface area (TPSA) is 32.7 Å². The fourth-order valence-corrected chi connectivity index (χ4v) is 3.04. The van der Waals surface area contributed by atoms with Gasteiger partial charge in [0.25, 0.3) is 5.91 Å². The number of aryl methyl sites for hydroxylation is 1. The van der Waals surface area contributed by atoms with Crippen molar-refractivity contribution < 1.29 is 4.79 Å².